The summed E-state index contributed by atoms with van der Waals surface area (Å²) in [7, 11) is 1.61. The normalized spacial score (nSPS) is 25.7. The molecular weight excluding hydrogens is 444 g/mol. The van der Waals surface area contributed by atoms with Crippen molar-refractivity contribution in [2.75, 3.05) is 13.7 Å². The van der Waals surface area contributed by atoms with Crippen molar-refractivity contribution in [2.45, 2.75) is 44.6 Å². The fraction of sp³-hybridized carbons (Fsp3) is 0.429. The molecule has 4 atom stereocenters. The van der Waals surface area contributed by atoms with Crippen molar-refractivity contribution in [3.63, 3.8) is 0 Å². The van der Waals surface area contributed by atoms with Crippen LogP contribution in [0.15, 0.2) is 59.7 Å². The number of hydrogen-bond donors (Lipinski definition) is 0. The van der Waals surface area contributed by atoms with E-state index in [1.165, 1.54) is 5.01 Å². The van der Waals surface area contributed by atoms with Crippen molar-refractivity contribution in [3.8, 4) is 5.75 Å². The highest BCUT2D eigenvalue weighted by molar-refractivity contribution is 6.03. The predicted molar refractivity (Wildman–Crippen MR) is 130 cm³/mol. The van der Waals surface area contributed by atoms with Crippen LogP contribution < -0.4 is 4.74 Å². The van der Waals surface area contributed by atoms with E-state index in [2.05, 4.69) is 5.10 Å². The maximum Gasteiger partial charge on any atom is 0.309 e. The van der Waals surface area contributed by atoms with Gasteiger partial charge in [0.25, 0.3) is 5.91 Å². The number of rotatable bonds is 6. The van der Waals surface area contributed by atoms with E-state index in [0.29, 0.717) is 25.0 Å². The second-order valence-electron chi connectivity index (χ2n) is 9.65. The third-order valence-electron chi connectivity index (χ3n) is 7.49. The summed E-state index contributed by atoms with van der Waals surface area (Å²) in [5.41, 5.74) is 2.69. The Morgan fingerprint density at radius 2 is 1.69 bits per heavy atom. The van der Waals surface area contributed by atoms with Crippen LogP contribution >= 0.6 is 0 Å². The van der Waals surface area contributed by atoms with Crippen molar-refractivity contribution in [2.24, 2.45) is 22.9 Å². The Bertz CT molecular complexity index is 1110. The monoisotopic (exact) mass is 474 g/mol. The molecule has 1 unspecified atom stereocenters. The number of ether oxygens (including phenoxy) is 2. The van der Waals surface area contributed by atoms with Crippen molar-refractivity contribution >= 4 is 23.4 Å². The van der Waals surface area contributed by atoms with Gasteiger partial charge in [0.1, 0.15) is 11.5 Å². The molecule has 182 valence electrons. The number of methoxy groups -OCH3 is 1. The SMILES string of the molecule is COc1ccc([C@H]2CC(c3ccccc3)=NN2C(=O)COC(=O)C2C[C@H]3CCC[C@@H](C2)C3=O)cc1. The van der Waals surface area contributed by atoms with Crippen LogP contribution in [-0.2, 0) is 19.1 Å². The smallest absolute Gasteiger partial charge is 0.309 e. The van der Waals surface area contributed by atoms with Crippen LogP contribution in [0, 0.1) is 17.8 Å². The quantitative estimate of drug-likeness (QED) is 0.583. The molecule has 1 aliphatic heterocycles. The highest BCUT2D eigenvalue weighted by Crippen LogP contribution is 2.40. The largest absolute Gasteiger partial charge is 0.497 e. The van der Waals surface area contributed by atoms with Gasteiger partial charge in [-0.1, -0.05) is 48.9 Å². The minimum absolute atomic E-state index is 0.0354. The fourth-order valence-corrected chi connectivity index (χ4v) is 5.62. The van der Waals surface area contributed by atoms with Crippen molar-refractivity contribution in [1.29, 1.82) is 0 Å². The van der Waals surface area contributed by atoms with E-state index in [4.69, 9.17) is 9.47 Å². The molecule has 2 aliphatic carbocycles. The Hall–Kier alpha value is -3.48. The Kier molecular flexibility index (Phi) is 6.66. The standard InChI is InChI=1S/C28H30N2O5/c1-34-23-12-10-19(11-13-23)25-16-24(18-6-3-2-4-7-18)29-30(25)26(31)17-35-28(33)22-14-20-8-5-9-21(15-22)27(20)32/h2-4,6-7,10-13,20-22,25H,5,8-9,14-17H2,1H3/t20-,21+,22?,25-/m1/s1. The third kappa shape index (κ3) is 4.85. The lowest BCUT2D eigenvalue weighted by Gasteiger charge is -2.36. The minimum Gasteiger partial charge on any atom is -0.497 e. The molecule has 2 bridgehead atoms. The first-order valence-corrected chi connectivity index (χ1v) is 12.3. The Labute approximate surface area is 205 Å². The molecule has 5 rings (SSSR count). The van der Waals surface area contributed by atoms with E-state index >= 15 is 0 Å². The van der Waals surface area contributed by atoms with Gasteiger partial charge in [-0.2, -0.15) is 5.10 Å². The summed E-state index contributed by atoms with van der Waals surface area (Å²) in [6.07, 6.45) is 4.39. The van der Waals surface area contributed by atoms with Gasteiger partial charge in [-0.3, -0.25) is 14.4 Å². The average molecular weight is 475 g/mol. The van der Waals surface area contributed by atoms with E-state index < -0.39 is 0 Å². The molecule has 1 heterocycles. The van der Waals surface area contributed by atoms with E-state index in [-0.39, 0.29) is 42.3 Å². The first kappa shape index (κ1) is 23.3. The van der Waals surface area contributed by atoms with Crippen molar-refractivity contribution in [3.05, 3.63) is 65.7 Å². The summed E-state index contributed by atoms with van der Waals surface area (Å²) < 4.78 is 10.8. The number of Topliss-reactive ketones (excluding diaryl/α,β-unsaturated/α-hetero) is 1. The van der Waals surface area contributed by atoms with Gasteiger partial charge in [-0.15, -0.1) is 0 Å². The first-order valence-electron chi connectivity index (χ1n) is 12.3. The van der Waals surface area contributed by atoms with Gasteiger partial charge in [0.2, 0.25) is 0 Å². The number of hydrazone groups is 1. The molecule has 7 nitrogen and oxygen atoms in total. The predicted octanol–water partition coefficient (Wildman–Crippen LogP) is 4.31. The Balaban J connectivity index is 1.29. The Morgan fingerprint density at radius 1 is 1.00 bits per heavy atom. The van der Waals surface area contributed by atoms with Gasteiger partial charge in [0, 0.05) is 18.3 Å². The summed E-state index contributed by atoms with van der Waals surface area (Å²) in [5, 5.41) is 6.08. The van der Waals surface area contributed by atoms with Gasteiger partial charge in [0.05, 0.1) is 24.8 Å². The van der Waals surface area contributed by atoms with Gasteiger partial charge in [0.15, 0.2) is 6.61 Å². The highest BCUT2D eigenvalue weighted by atomic mass is 16.5. The van der Waals surface area contributed by atoms with E-state index in [1.807, 2.05) is 54.6 Å². The van der Waals surface area contributed by atoms with Crippen LogP contribution in [0.3, 0.4) is 0 Å². The van der Waals surface area contributed by atoms with Gasteiger partial charge in [-0.05, 0) is 48.9 Å². The number of nitrogens with zero attached hydrogens (tertiary/aromatic N) is 2. The maximum atomic E-state index is 13.2. The van der Waals surface area contributed by atoms with Gasteiger partial charge >= 0.3 is 5.97 Å². The molecule has 0 spiro atoms. The number of fused-ring (bicyclic) bond motifs is 2. The van der Waals surface area contributed by atoms with Crippen LogP contribution in [0.4, 0.5) is 0 Å². The second kappa shape index (κ2) is 10.0. The average Bonchev–Trinajstić information content (AvgIpc) is 3.33. The van der Waals surface area contributed by atoms with Crippen molar-refractivity contribution in [1.82, 2.24) is 5.01 Å². The number of hydrogen-bond acceptors (Lipinski definition) is 6. The topological polar surface area (TPSA) is 85.3 Å². The lowest BCUT2D eigenvalue weighted by atomic mass is 9.67. The van der Waals surface area contributed by atoms with Crippen LogP contribution in [-0.4, -0.2) is 42.1 Å². The number of amides is 1. The summed E-state index contributed by atoms with van der Waals surface area (Å²) in [4.78, 5) is 38.4. The molecular formula is C28H30N2O5. The second-order valence-corrected chi connectivity index (χ2v) is 9.65. The molecule has 0 saturated heterocycles. The van der Waals surface area contributed by atoms with Crippen molar-refractivity contribution < 1.29 is 23.9 Å². The molecule has 7 heteroatoms. The lowest BCUT2D eigenvalue weighted by molar-refractivity contribution is -0.159. The number of esters is 1. The molecule has 2 saturated carbocycles. The van der Waals surface area contributed by atoms with Crippen LogP contribution in [0.25, 0.3) is 0 Å². The maximum absolute atomic E-state index is 13.2. The van der Waals surface area contributed by atoms with E-state index in [9.17, 15) is 14.4 Å². The summed E-state index contributed by atoms with van der Waals surface area (Å²) >= 11 is 0. The zero-order valence-corrected chi connectivity index (χ0v) is 19.9. The molecule has 2 aromatic carbocycles. The number of ketones is 1. The van der Waals surface area contributed by atoms with E-state index in [0.717, 1.165) is 41.9 Å². The number of benzene rings is 2. The van der Waals surface area contributed by atoms with Crippen LogP contribution in [0.5, 0.6) is 5.75 Å². The first-order chi connectivity index (χ1) is 17.0. The molecule has 0 N–H and O–H groups in total. The van der Waals surface area contributed by atoms with Crippen LogP contribution in [0.1, 0.15) is 55.7 Å². The fourth-order valence-electron chi connectivity index (χ4n) is 5.62. The van der Waals surface area contributed by atoms with Gasteiger partial charge in [-0.25, -0.2) is 5.01 Å². The molecule has 3 aliphatic rings. The third-order valence-corrected chi connectivity index (χ3v) is 7.49. The lowest BCUT2D eigenvalue weighted by Crippen LogP contribution is -2.40. The summed E-state index contributed by atoms with van der Waals surface area (Å²) in [6.45, 7) is -0.364. The molecule has 0 radical (unpaired) electrons. The van der Waals surface area contributed by atoms with Gasteiger partial charge < -0.3 is 9.47 Å². The highest BCUT2D eigenvalue weighted by Gasteiger charge is 2.42. The minimum atomic E-state index is -0.379. The molecule has 2 fully saturated rings. The van der Waals surface area contributed by atoms with Crippen LogP contribution in [0.2, 0.25) is 0 Å². The zero-order valence-electron chi connectivity index (χ0n) is 19.9. The molecule has 35 heavy (non-hydrogen) atoms. The summed E-state index contributed by atoms with van der Waals surface area (Å²) in [5.74, 6) is -0.0850. The number of carbonyl (C=O) groups excluding carboxylic acids is 3. The molecule has 2 aromatic rings. The van der Waals surface area contributed by atoms with E-state index in [1.54, 1.807) is 7.11 Å². The summed E-state index contributed by atoms with van der Waals surface area (Å²) in [6, 6.07) is 17.0. The molecule has 1 amide bonds. The molecule has 0 aromatic heterocycles. The Morgan fingerprint density at radius 3 is 2.34 bits per heavy atom. The number of carbonyl (C=O) groups is 3. The zero-order chi connectivity index (χ0) is 24.4.